The molecule has 0 aromatic heterocycles. The molecule has 0 saturated carbocycles. The zero-order chi connectivity index (χ0) is 9.14. The lowest BCUT2D eigenvalue weighted by Crippen LogP contribution is -2.07. The fourth-order valence-electron chi connectivity index (χ4n) is 1.04. The first-order valence-corrected chi connectivity index (χ1v) is 3.96. The van der Waals surface area contributed by atoms with Crippen molar-refractivity contribution in [3.63, 3.8) is 0 Å². The first-order valence-electron chi connectivity index (χ1n) is 3.56. The number of esters is 1. The molecule has 12 heavy (non-hydrogen) atoms. The molecular formula is C7H8O4S. The second kappa shape index (κ2) is 3.62. The number of cyclic esters (lactones) is 1. The third-order valence-electron chi connectivity index (χ3n) is 1.67. The van der Waals surface area contributed by atoms with Crippen molar-refractivity contribution in [1.82, 2.24) is 0 Å². The Balaban J connectivity index is 2.38. The van der Waals surface area contributed by atoms with Crippen LogP contribution in [0.2, 0.25) is 0 Å². The van der Waals surface area contributed by atoms with Crippen LogP contribution in [0.1, 0.15) is 19.3 Å². The number of hydrogen-bond donors (Lipinski definition) is 1. The highest BCUT2D eigenvalue weighted by Gasteiger charge is 2.29. The Kier molecular flexibility index (Phi) is 2.75. The van der Waals surface area contributed by atoms with Crippen molar-refractivity contribution < 1.29 is 19.4 Å². The molecule has 0 radical (unpaired) electrons. The van der Waals surface area contributed by atoms with E-state index in [4.69, 9.17) is 17.3 Å². The summed E-state index contributed by atoms with van der Waals surface area (Å²) >= 11 is 4.73. The first-order chi connectivity index (χ1) is 5.59. The van der Waals surface area contributed by atoms with Crippen LogP contribution in [0.5, 0.6) is 0 Å². The van der Waals surface area contributed by atoms with E-state index in [0.29, 0.717) is 6.42 Å². The average molecular weight is 188 g/mol. The first kappa shape index (κ1) is 9.12. The molecule has 1 aliphatic heterocycles. The molecule has 1 saturated heterocycles. The Morgan fingerprint density at radius 1 is 1.75 bits per heavy atom. The monoisotopic (exact) mass is 188 g/mol. The molecule has 1 fully saturated rings. The second-order valence-corrected chi connectivity index (χ2v) is 3.03. The molecule has 1 atom stereocenters. The lowest BCUT2D eigenvalue weighted by Gasteiger charge is -2.01. The molecule has 66 valence electrons. The van der Waals surface area contributed by atoms with Crippen molar-refractivity contribution in [2.45, 2.75) is 19.3 Å². The van der Waals surface area contributed by atoms with Crippen LogP contribution in [0, 0.1) is 5.92 Å². The van der Waals surface area contributed by atoms with E-state index in [0.717, 1.165) is 0 Å². The minimum atomic E-state index is -0.878. The summed E-state index contributed by atoms with van der Waals surface area (Å²) in [5.74, 6) is -1.41. The molecule has 0 aliphatic carbocycles. The maximum atomic E-state index is 10.7. The molecule has 1 aliphatic rings. The third kappa shape index (κ3) is 2.27. The normalized spacial score (nSPS) is 22.5. The zero-order valence-corrected chi connectivity index (χ0v) is 7.10. The lowest BCUT2D eigenvalue weighted by molar-refractivity contribution is -0.137. The third-order valence-corrected chi connectivity index (χ3v) is 2.08. The molecule has 1 heterocycles. The van der Waals surface area contributed by atoms with Gasteiger partial charge in [-0.15, -0.1) is 0 Å². The van der Waals surface area contributed by atoms with Crippen molar-refractivity contribution in [2.75, 3.05) is 0 Å². The summed E-state index contributed by atoms with van der Waals surface area (Å²) in [5, 5.41) is 8.59. The summed E-state index contributed by atoms with van der Waals surface area (Å²) in [4.78, 5) is 20.8. The smallest absolute Gasteiger partial charge is 0.312 e. The second-order valence-electron chi connectivity index (χ2n) is 2.63. The molecule has 0 spiro atoms. The molecule has 4 nitrogen and oxygen atoms in total. The van der Waals surface area contributed by atoms with E-state index >= 15 is 0 Å². The molecule has 5 heteroatoms. The number of carboxylic acid groups (broad SMARTS) is 1. The van der Waals surface area contributed by atoms with Gasteiger partial charge in [-0.2, -0.15) is 0 Å². The lowest BCUT2D eigenvalue weighted by atomic mass is 10.0. The Labute approximate surface area is 74.5 Å². The van der Waals surface area contributed by atoms with Crippen LogP contribution in [0.3, 0.4) is 0 Å². The Morgan fingerprint density at radius 2 is 2.42 bits per heavy atom. The number of thiocarbonyl (C=S) groups is 1. The highest BCUT2D eigenvalue weighted by atomic mass is 32.1. The topological polar surface area (TPSA) is 63.6 Å². The van der Waals surface area contributed by atoms with Crippen molar-refractivity contribution in [3.05, 3.63) is 0 Å². The molecule has 0 aromatic carbocycles. The quantitative estimate of drug-likeness (QED) is 0.522. The minimum Gasteiger partial charge on any atom is -0.481 e. The standard InChI is InChI=1S/C7H8O4S/c8-5(9)2-1-4-3-6(10)11-7(4)12/h4H,1-3H2,(H,8,9). The van der Waals surface area contributed by atoms with Crippen molar-refractivity contribution in [3.8, 4) is 0 Å². The average Bonchev–Trinajstić information content (AvgIpc) is 2.26. The van der Waals surface area contributed by atoms with E-state index in [2.05, 4.69) is 4.74 Å². The van der Waals surface area contributed by atoms with Gasteiger partial charge in [-0.25, -0.2) is 0 Å². The van der Waals surface area contributed by atoms with E-state index in [1.54, 1.807) is 0 Å². The predicted octanol–water partition coefficient (Wildman–Crippen LogP) is 0.742. The van der Waals surface area contributed by atoms with Crippen LogP contribution in [-0.4, -0.2) is 22.1 Å². The Bertz CT molecular complexity index is 236. The molecular weight excluding hydrogens is 180 g/mol. The largest absolute Gasteiger partial charge is 0.481 e. The van der Waals surface area contributed by atoms with Gasteiger partial charge in [-0.3, -0.25) is 9.59 Å². The molecule has 1 rings (SSSR count). The molecule has 0 bridgehead atoms. The van der Waals surface area contributed by atoms with E-state index in [-0.39, 0.29) is 29.8 Å². The summed E-state index contributed by atoms with van der Waals surface area (Å²) in [6.07, 6.45) is 0.646. The van der Waals surface area contributed by atoms with Gasteiger partial charge in [0.25, 0.3) is 0 Å². The van der Waals surface area contributed by atoms with Crippen molar-refractivity contribution in [2.24, 2.45) is 5.92 Å². The van der Waals surface area contributed by atoms with E-state index in [1.807, 2.05) is 0 Å². The molecule has 0 aromatic rings. The number of ether oxygens (including phenoxy) is 1. The van der Waals surface area contributed by atoms with Gasteiger partial charge in [0.15, 0.2) is 5.05 Å². The summed E-state index contributed by atoms with van der Waals surface area (Å²) in [7, 11) is 0. The summed E-state index contributed by atoms with van der Waals surface area (Å²) in [6, 6.07) is 0. The Hall–Kier alpha value is -0.970. The van der Waals surface area contributed by atoms with Gasteiger partial charge in [-0.05, 0) is 18.6 Å². The SMILES string of the molecule is O=C(O)CCC1CC(=O)OC1=S. The van der Waals surface area contributed by atoms with Gasteiger partial charge in [0.05, 0.1) is 6.42 Å². The highest BCUT2D eigenvalue weighted by Crippen LogP contribution is 2.22. The van der Waals surface area contributed by atoms with Gasteiger partial charge in [0.2, 0.25) is 0 Å². The van der Waals surface area contributed by atoms with Crippen LogP contribution >= 0.6 is 12.2 Å². The fraction of sp³-hybridized carbons (Fsp3) is 0.571. The molecule has 0 amide bonds. The van der Waals surface area contributed by atoms with Crippen LogP contribution in [0.15, 0.2) is 0 Å². The Morgan fingerprint density at radius 3 is 2.83 bits per heavy atom. The fourth-order valence-corrected chi connectivity index (χ4v) is 1.33. The number of carbonyl (C=O) groups excluding carboxylic acids is 1. The number of hydrogen-bond acceptors (Lipinski definition) is 4. The van der Waals surface area contributed by atoms with E-state index in [9.17, 15) is 9.59 Å². The van der Waals surface area contributed by atoms with Gasteiger partial charge in [-0.1, -0.05) is 0 Å². The van der Waals surface area contributed by atoms with Gasteiger partial charge in [0.1, 0.15) is 0 Å². The maximum Gasteiger partial charge on any atom is 0.312 e. The van der Waals surface area contributed by atoms with Crippen LogP contribution in [-0.2, 0) is 14.3 Å². The summed E-state index contributed by atoms with van der Waals surface area (Å²) in [5.41, 5.74) is 0. The van der Waals surface area contributed by atoms with Gasteiger partial charge in [0, 0.05) is 12.3 Å². The van der Waals surface area contributed by atoms with Crippen molar-refractivity contribution in [1.29, 1.82) is 0 Å². The van der Waals surface area contributed by atoms with Crippen LogP contribution in [0.4, 0.5) is 0 Å². The number of aliphatic carboxylic acids is 1. The molecule has 1 unspecified atom stereocenters. The van der Waals surface area contributed by atoms with Crippen molar-refractivity contribution >= 4 is 29.2 Å². The molecule has 1 N–H and O–H groups in total. The highest BCUT2D eigenvalue weighted by molar-refractivity contribution is 7.80. The van der Waals surface area contributed by atoms with Gasteiger partial charge >= 0.3 is 11.9 Å². The number of carboxylic acids is 1. The van der Waals surface area contributed by atoms with Gasteiger partial charge < -0.3 is 9.84 Å². The van der Waals surface area contributed by atoms with Crippen LogP contribution in [0.25, 0.3) is 0 Å². The summed E-state index contributed by atoms with van der Waals surface area (Å²) < 4.78 is 4.61. The predicted molar refractivity (Wildman–Crippen MR) is 43.7 cm³/mol. The zero-order valence-electron chi connectivity index (χ0n) is 6.28. The number of carbonyl (C=O) groups is 2. The number of rotatable bonds is 3. The maximum absolute atomic E-state index is 10.7. The minimum absolute atomic E-state index is 0.0292. The summed E-state index contributed by atoms with van der Waals surface area (Å²) in [6.45, 7) is 0. The van der Waals surface area contributed by atoms with E-state index in [1.165, 1.54) is 0 Å². The van der Waals surface area contributed by atoms with Crippen LogP contribution < -0.4 is 0 Å². The van der Waals surface area contributed by atoms with E-state index < -0.39 is 5.97 Å².